The van der Waals surface area contributed by atoms with Crippen LogP contribution in [0.15, 0.2) is 6.20 Å². The fourth-order valence-corrected chi connectivity index (χ4v) is 2.84. The Labute approximate surface area is 117 Å². The monoisotopic (exact) mass is 282 g/mol. The van der Waals surface area contributed by atoms with Crippen molar-refractivity contribution in [2.75, 3.05) is 38.7 Å². The molecule has 0 bridgehead atoms. The van der Waals surface area contributed by atoms with Gasteiger partial charge in [0.1, 0.15) is 0 Å². The molecule has 1 N–H and O–H groups in total. The molecule has 0 spiro atoms. The molecule has 2 aliphatic heterocycles. The highest BCUT2D eigenvalue weighted by atomic mass is 19.1. The maximum atomic E-state index is 13.3. The number of rotatable bonds is 4. The number of aromatic nitrogens is 2. The highest BCUT2D eigenvalue weighted by Crippen LogP contribution is 2.22. The zero-order valence-electron chi connectivity index (χ0n) is 11.5. The summed E-state index contributed by atoms with van der Waals surface area (Å²) in [6.07, 6.45) is 3.60. The molecule has 0 saturated carbocycles. The first-order valence-electron chi connectivity index (χ1n) is 6.93. The highest BCUT2D eigenvalue weighted by Gasteiger charge is 2.34. The summed E-state index contributed by atoms with van der Waals surface area (Å²) in [7, 11) is 1.39. The van der Waals surface area contributed by atoms with Crippen molar-refractivity contribution in [3.05, 3.63) is 12.0 Å². The minimum Gasteiger partial charge on any atom is -0.479 e. The van der Waals surface area contributed by atoms with Crippen LogP contribution in [0.4, 0.5) is 10.3 Å². The van der Waals surface area contributed by atoms with Gasteiger partial charge in [0.05, 0.1) is 38.6 Å². The summed E-state index contributed by atoms with van der Waals surface area (Å²) < 4.78 is 23.7. The van der Waals surface area contributed by atoms with Crippen LogP contribution in [0.3, 0.4) is 0 Å². The Morgan fingerprint density at radius 1 is 1.40 bits per heavy atom. The molecule has 3 heterocycles. The molecule has 7 heteroatoms. The summed E-state index contributed by atoms with van der Waals surface area (Å²) >= 11 is 0. The van der Waals surface area contributed by atoms with Gasteiger partial charge in [0.2, 0.25) is 11.8 Å². The molecule has 2 aliphatic rings. The van der Waals surface area contributed by atoms with Crippen molar-refractivity contribution in [2.24, 2.45) is 0 Å². The van der Waals surface area contributed by atoms with Gasteiger partial charge < -0.3 is 14.8 Å². The lowest BCUT2D eigenvalue weighted by molar-refractivity contribution is 0.159. The number of nitrogens with zero attached hydrogens (tertiary/aromatic N) is 3. The summed E-state index contributed by atoms with van der Waals surface area (Å²) in [5.41, 5.74) is 0. The molecule has 2 fully saturated rings. The van der Waals surface area contributed by atoms with E-state index < -0.39 is 5.82 Å². The molecule has 1 aromatic rings. The third kappa shape index (κ3) is 2.69. The van der Waals surface area contributed by atoms with Gasteiger partial charge in [-0.15, -0.1) is 0 Å². The standard InChI is InChI=1S/C13H19FN4O2/c1-19-12-9(14)6-15-13(17-12)16-10-7-20-8-11(10)18-4-2-3-5-18/h6,10-11H,2-5,7-8H2,1H3,(H,15,16,17)/t10-,11-/m0/s1. The van der Waals surface area contributed by atoms with E-state index in [1.54, 1.807) is 0 Å². The Morgan fingerprint density at radius 3 is 2.95 bits per heavy atom. The zero-order valence-corrected chi connectivity index (χ0v) is 11.5. The predicted molar refractivity (Wildman–Crippen MR) is 71.4 cm³/mol. The molecule has 0 radical (unpaired) electrons. The topological polar surface area (TPSA) is 59.5 Å². The van der Waals surface area contributed by atoms with Crippen molar-refractivity contribution >= 4 is 5.95 Å². The minimum absolute atomic E-state index is 0.0425. The Morgan fingerprint density at radius 2 is 2.20 bits per heavy atom. The van der Waals surface area contributed by atoms with Crippen LogP contribution in [0.5, 0.6) is 5.88 Å². The molecule has 110 valence electrons. The first-order chi connectivity index (χ1) is 9.78. The third-order valence-electron chi connectivity index (χ3n) is 3.88. The van der Waals surface area contributed by atoms with E-state index in [1.165, 1.54) is 20.0 Å². The molecule has 20 heavy (non-hydrogen) atoms. The first kappa shape index (κ1) is 13.5. The van der Waals surface area contributed by atoms with E-state index in [4.69, 9.17) is 9.47 Å². The van der Waals surface area contributed by atoms with E-state index >= 15 is 0 Å². The maximum absolute atomic E-state index is 13.3. The van der Waals surface area contributed by atoms with Gasteiger partial charge in [0, 0.05) is 0 Å². The molecule has 3 rings (SSSR count). The molecule has 0 unspecified atom stereocenters. The van der Waals surface area contributed by atoms with Crippen LogP contribution >= 0.6 is 0 Å². The molecule has 2 atom stereocenters. The molecular formula is C13H19FN4O2. The number of nitrogens with one attached hydrogen (secondary N) is 1. The molecular weight excluding hydrogens is 263 g/mol. The molecule has 0 amide bonds. The summed E-state index contributed by atoms with van der Waals surface area (Å²) in [6, 6.07) is 0.459. The fourth-order valence-electron chi connectivity index (χ4n) is 2.84. The number of methoxy groups -OCH3 is 1. The second-order valence-electron chi connectivity index (χ2n) is 5.15. The Bertz CT molecular complexity index is 468. The summed E-state index contributed by atoms with van der Waals surface area (Å²) in [5, 5.41) is 3.23. The molecule has 0 aromatic carbocycles. The van der Waals surface area contributed by atoms with Crippen molar-refractivity contribution in [1.82, 2.24) is 14.9 Å². The van der Waals surface area contributed by atoms with Crippen molar-refractivity contribution in [3.8, 4) is 5.88 Å². The van der Waals surface area contributed by atoms with Crippen LogP contribution in [-0.2, 0) is 4.74 Å². The molecule has 2 saturated heterocycles. The van der Waals surface area contributed by atoms with Crippen molar-refractivity contribution in [2.45, 2.75) is 24.9 Å². The third-order valence-corrected chi connectivity index (χ3v) is 3.88. The van der Waals surface area contributed by atoms with Gasteiger partial charge in [-0.05, 0) is 25.9 Å². The lowest BCUT2D eigenvalue weighted by Crippen LogP contribution is -2.45. The summed E-state index contributed by atoms with van der Waals surface area (Å²) in [5.74, 6) is -0.223. The van der Waals surface area contributed by atoms with Crippen molar-refractivity contribution in [3.63, 3.8) is 0 Å². The lowest BCUT2D eigenvalue weighted by Gasteiger charge is -2.27. The van der Waals surface area contributed by atoms with E-state index in [-0.39, 0.29) is 11.9 Å². The van der Waals surface area contributed by atoms with Gasteiger partial charge in [-0.2, -0.15) is 9.37 Å². The normalized spacial score (nSPS) is 26.9. The van der Waals surface area contributed by atoms with Gasteiger partial charge in [0.25, 0.3) is 5.88 Å². The van der Waals surface area contributed by atoms with E-state index in [9.17, 15) is 4.39 Å². The number of halogens is 1. The molecule has 0 aliphatic carbocycles. The number of likely N-dealkylation sites (tertiary alicyclic amines) is 1. The lowest BCUT2D eigenvalue weighted by atomic mass is 10.1. The van der Waals surface area contributed by atoms with Crippen LogP contribution in [0.25, 0.3) is 0 Å². The van der Waals surface area contributed by atoms with Gasteiger partial charge in [0.15, 0.2) is 0 Å². The number of hydrogen-bond acceptors (Lipinski definition) is 6. The smallest absolute Gasteiger partial charge is 0.255 e. The highest BCUT2D eigenvalue weighted by molar-refractivity contribution is 5.31. The molecule has 6 nitrogen and oxygen atoms in total. The molecule has 1 aromatic heterocycles. The van der Waals surface area contributed by atoms with Gasteiger partial charge in [-0.3, -0.25) is 4.90 Å². The Balaban J connectivity index is 1.69. The number of anilines is 1. The summed E-state index contributed by atoms with van der Waals surface area (Å²) in [4.78, 5) is 10.4. The van der Waals surface area contributed by atoms with Crippen LogP contribution in [-0.4, -0.2) is 60.4 Å². The largest absolute Gasteiger partial charge is 0.479 e. The Hall–Kier alpha value is -1.47. The quantitative estimate of drug-likeness (QED) is 0.885. The van der Waals surface area contributed by atoms with E-state index in [0.29, 0.717) is 18.6 Å². The van der Waals surface area contributed by atoms with Gasteiger partial charge >= 0.3 is 0 Å². The first-order valence-corrected chi connectivity index (χ1v) is 6.93. The van der Waals surface area contributed by atoms with E-state index in [1.807, 2.05) is 0 Å². The van der Waals surface area contributed by atoms with Crippen LogP contribution in [0, 0.1) is 5.82 Å². The number of hydrogen-bond donors (Lipinski definition) is 1. The van der Waals surface area contributed by atoms with Crippen LogP contribution in [0.1, 0.15) is 12.8 Å². The SMILES string of the molecule is COc1nc(N[C@H]2COC[C@@H]2N2CCCC2)ncc1F. The minimum atomic E-state index is -0.559. The van der Waals surface area contributed by atoms with Crippen LogP contribution in [0.2, 0.25) is 0 Å². The van der Waals surface area contributed by atoms with Gasteiger partial charge in [-0.1, -0.05) is 0 Å². The average Bonchev–Trinajstić information content (AvgIpc) is 3.11. The van der Waals surface area contributed by atoms with Gasteiger partial charge in [-0.25, -0.2) is 4.98 Å². The van der Waals surface area contributed by atoms with Crippen LogP contribution < -0.4 is 10.1 Å². The predicted octanol–water partition coefficient (Wildman–Crippen LogP) is 0.899. The van der Waals surface area contributed by atoms with E-state index in [0.717, 1.165) is 25.9 Å². The van der Waals surface area contributed by atoms with E-state index in [2.05, 4.69) is 20.2 Å². The zero-order chi connectivity index (χ0) is 13.9. The fraction of sp³-hybridized carbons (Fsp3) is 0.692. The van der Waals surface area contributed by atoms with Crippen molar-refractivity contribution in [1.29, 1.82) is 0 Å². The van der Waals surface area contributed by atoms with Crippen molar-refractivity contribution < 1.29 is 13.9 Å². The number of ether oxygens (including phenoxy) is 2. The average molecular weight is 282 g/mol. The Kier molecular flexibility index (Phi) is 3.98. The summed E-state index contributed by atoms with van der Waals surface area (Å²) in [6.45, 7) is 3.56. The second kappa shape index (κ2) is 5.88. The maximum Gasteiger partial charge on any atom is 0.255 e. The second-order valence-corrected chi connectivity index (χ2v) is 5.15.